The zero-order valence-electron chi connectivity index (χ0n) is 8.57. The Bertz CT molecular complexity index is 304. The van der Waals surface area contributed by atoms with Crippen LogP contribution in [0.4, 0.5) is 4.79 Å². The Balaban J connectivity index is 1.67. The highest BCUT2D eigenvalue weighted by atomic mass is 16.2. The van der Waals surface area contributed by atoms with Crippen molar-refractivity contribution >= 4 is 6.03 Å². The second-order valence-corrected chi connectivity index (χ2v) is 3.61. The van der Waals surface area contributed by atoms with Crippen molar-refractivity contribution in [3.63, 3.8) is 0 Å². The first-order chi connectivity index (χ1) is 7.36. The Morgan fingerprint density at radius 1 is 1.53 bits per heavy atom. The van der Waals surface area contributed by atoms with E-state index in [0.29, 0.717) is 13.0 Å². The molecule has 15 heavy (non-hydrogen) atoms. The van der Waals surface area contributed by atoms with Gasteiger partial charge in [-0.1, -0.05) is 0 Å². The number of urea groups is 1. The van der Waals surface area contributed by atoms with Crippen molar-refractivity contribution in [2.45, 2.75) is 19.3 Å². The molecule has 1 saturated heterocycles. The highest BCUT2D eigenvalue weighted by Gasteiger charge is 2.16. The van der Waals surface area contributed by atoms with E-state index < -0.39 is 0 Å². The maximum atomic E-state index is 11.5. The van der Waals surface area contributed by atoms with Crippen LogP contribution in [0.1, 0.15) is 18.7 Å². The van der Waals surface area contributed by atoms with Crippen LogP contribution >= 0.6 is 0 Å². The summed E-state index contributed by atoms with van der Waals surface area (Å²) in [5.74, 6) is 0.803. The molecule has 2 rings (SSSR count). The minimum atomic E-state index is 0.0343. The lowest BCUT2D eigenvalue weighted by molar-refractivity contribution is 0.209. The fraction of sp³-hybridized carbons (Fsp3) is 0.667. The molecule has 1 aromatic rings. The van der Waals surface area contributed by atoms with E-state index in [4.69, 9.17) is 0 Å². The molecule has 0 unspecified atom stereocenters. The van der Waals surface area contributed by atoms with Crippen molar-refractivity contribution in [3.05, 3.63) is 12.2 Å². The molecule has 0 bridgehead atoms. The van der Waals surface area contributed by atoms with E-state index in [9.17, 15) is 4.79 Å². The number of H-pyrrole nitrogens is 1. The summed E-state index contributed by atoms with van der Waals surface area (Å²) in [6.07, 6.45) is 4.41. The van der Waals surface area contributed by atoms with E-state index >= 15 is 0 Å². The highest BCUT2D eigenvalue weighted by Crippen LogP contribution is 2.06. The number of aromatic amines is 1. The maximum Gasteiger partial charge on any atom is 0.317 e. The fourth-order valence-electron chi connectivity index (χ4n) is 1.67. The van der Waals surface area contributed by atoms with Gasteiger partial charge >= 0.3 is 6.03 Å². The summed E-state index contributed by atoms with van der Waals surface area (Å²) in [5.41, 5.74) is 0. The first kappa shape index (κ1) is 9.95. The predicted molar refractivity (Wildman–Crippen MR) is 54.3 cm³/mol. The van der Waals surface area contributed by atoms with Gasteiger partial charge in [0.1, 0.15) is 12.2 Å². The van der Waals surface area contributed by atoms with Crippen LogP contribution in [-0.2, 0) is 6.42 Å². The monoisotopic (exact) mass is 209 g/mol. The summed E-state index contributed by atoms with van der Waals surface area (Å²) in [5, 5.41) is 9.35. The van der Waals surface area contributed by atoms with E-state index in [-0.39, 0.29) is 6.03 Å². The van der Waals surface area contributed by atoms with Gasteiger partial charge in [-0.2, -0.15) is 5.10 Å². The number of nitrogens with zero attached hydrogens (tertiary/aromatic N) is 3. The Morgan fingerprint density at radius 3 is 3.00 bits per heavy atom. The Kier molecular flexibility index (Phi) is 3.16. The van der Waals surface area contributed by atoms with E-state index in [0.717, 1.165) is 31.8 Å². The molecule has 0 atom stereocenters. The standard InChI is InChI=1S/C9H15N5O/c15-9(14-5-1-2-6-14)10-4-3-8-11-7-12-13-8/h7H,1-6H2,(H,10,15)(H,11,12,13). The molecule has 0 aliphatic carbocycles. The average molecular weight is 209 g/mol. The van der Waals surface area contributed by atoms with Gasteiger partial charge in [-0.15, -0.1) is 0 Å². The van der Waals surface area contributed by atoms with Crippen LogP contribution in [0, 0.1) is 0 Å². The molecule has 1 fully saturated rings. The van der Waals surface area contributed by atoms with Crippen molar-refractivity contribution in [2.75, 3.05) is 19.6 Å². The second-order valence-electron chi connectivity index (χ2n) is 3.61. The van der Waals surface area contributed by atoms with Gasteiger partial charge in [0.15, 0.2) is 0 Å². The van der Waals surface area contributed by atoms with Gasteiger partial charge in [0.2, 0.25) is 0 Å². The van der Waals surface area contributed by atoms with Crippen molar-refractivity contribution in [2.24, 2.45) is 0 Å². The first-order valence-electron chi connectivity index (χ1n) is 5.23. The minimum absolute atomic E-state index is 0.0343. The molecule has 1 aliphatic rings. The summed E-state index contributed by atoms with van der Waals surface area (Å²) >= 11 is 0. The van der Waals surface area contributed by atoms with Gasteiger partial charge in [-0.25, -0.2) is 9.78 Å². The van der Waals surface area contributed by atoms with Gasteiger partial charge in [0.05, 0.1) is 0 Å². The Hall–Kier alpha value is -1.59. The third-order valence-corrected chi connectivity index (χ3v) is 2.50. The summed E-state index contributed by atoms with van der Waals surface area (Å²) < 4.78 is 0. The second kappa shape index (κ2) is 4.77. The lowest BCUT2D eigenvalue weighted by atomic mass is 10.4. The smallest absolute Gasteiger partial charge is 0.317 e. The number of nitrogens with one attached hydrogen (secondary N) is 2. The summed E-state index contributed by atoms with van der Waals surface area (Å²) in [7, 11) is 0. The van der Waals surface area contributed by atoms with Crippen LogP contribution in [0.25, 0.3) is 0 Å². The number of rotatable bonds is 3. The van der Waals surface area contributed by atoms with E-state index in [1.54, 1.807) is 0 Å². The summed E-state index contributed by atoms with van der Waals surface area (Å²) in [4.78, 5) is 17.4. The number of likely N-dealkylation sites (tertiary alicyclic amines) is 1. The fourth-order valence-corrected chi connectivity index (χ4v) is 1.67. The van der Waals surface area contributed by atoms with Gasteiger partial charge in [-0.05, 0) is 12.8 Å². The van der Waals surface area contributed by atoms with Crippen LogP contribution in [0.3, 0.4) is 0 Å². The Labute approximate surface area is 88.1 Å². The molecule has 0 spiro atoms. The lowest BCUT2D eigenvalue weighted by Crippen LogP contribution is -2.38. The summed E-state index contributed by atoms with van der Waals surface area (Å²) in [6, 6.07) is 0.0343. The Morgan fingerprint density at radius 2 is 2.33 bits per heavy atom. The normalized spacial score (nSPS) is 15.6. The van der Waals surface area contributed by atoms with Gasteiger partial charge in [-0.3, -0.25) is 5.10 Å². The SMILES string of the molecule is O=C(NCCc1ncn[nH]1)N1CCCC1. The largest absolute Gasteiger partial charge is 0.338 e. The highest BCUT2D eigenvalue weighted by molar-refractivity contribution is 5.74. The number of carbonyl (C=O) groups excluding carboxylic acids is 1. The molecule has 1 aromatic heterocycles. The summed E-state index contributed by atoms with van der Waals surface area (Å²) in [6.45, 7) is 2.37. The number of carbonyl (C=O) groups is 1. The average Bonchev–Trinajstić information content (AvgIpc) is 2.90. The van der Waals surface area contributed by atoms with Crippen LogP contribution < -0.4 is 5.32 Å². The zero-order chi connectivity index (χ0) is 10.5. The third-order valence-electron chi connectivity index (χ3n) is 2.50. The predicted octanol–water partition coefficient (Wildman–Crippen LogP) is 0.153. The van der Waals surface area contributed by atoms with Crippen LogP contribution in [-0.4, -0.2) is 45.7 Å². The first-order valence-corrected chi connectivity index (χ1v) is 5.23. The molecule has 0 aromatic carbocycles. The molecule has 2 heterocycles. The van der Waals surface area contributed by atoms with Crippen molar-refractivity contribution in [3.8, 4) is 0 Å². The molecule has 2 N–H and O–H groups in total. The molecule has 1 aliphatic heterocycles. The molecule has 6 heteroatoms. The van der Waals surface area contributed by atoms with Crippen LogP contribution in [0.2, 0.25) is 0 Å². The lowest BCUT2D eigenvalue weighted by Gasteiger charge is -2.15. The molecular formula is C9H15N5O. The van der Waals surface area contributed by atoms with Crippen molar-refractivity contribution in [1.82, 2.24) is 25.4 Å². The molecular weight excluding hydrogens is 194 g/mol. The molecule has 0 radical (unpaired) electrons. The number of aromatic nitrogens is 3. The number of hydrogen-bond donors (Lipinski definition) is 2. The van der Waals surface area contributed by atoms with E-state index in [1.165, 1.54) is 6.33 Å². The van der Waals surface area contributed by atoms with E-state index in [2.05, 4.69) is 20.5 Å². The quantitative estimate of drug-likeness (QED) is 0.744. The molecule has 82 valence electrons. The molecule has 6 nitrogen and oxygen atoms in total. The van der Waals surface area contributed by atoms with Gasteiger partial charge in [0.25, 0.3) is 0 Å². The van der Waals surface area contributed by atoms with Crippen LogP contribution in [0.15, 0.2) is 6.33 Å². The minimum Gasteiger partial charge on any atom is -0.338 e. The van der Waals surface area contributed by atoms with Crippen molar-refractivity contribution in [1.29, 1.82) is 0 Å². The maximum absolute atomic E-state index is 11.5. The number of hydrogen-bond acceptors (Lipinski definition) is 3. The van der Waals surface area contributed by atoms with Crippen molar-refractivity contribution < 1.29 is 4.79 Å². The van der Waals surface area contributed by atoms with Gasteiger partial charge in [0, 0.05) is 26.1 Å². The van der Waals surface area contributed by atoms with Crippen LogP contribution in [0.5, 0.6) is 0 Å². The molecule has 2 amide bonds. The number of amides is 2. The topological polar surface area (TPSA) is 73.9 Å². The van der Waals surface area contributed by atoms with E-state index in [1.807, 2.05) is 4.90 Å². The zero-order valence-corrected chi connectivity index (χ0v) is 8.57. The third kappa shape index (κ3) is 2.68. The molecule has 0 saturated carbocycles. The van der Waals surface area contributed by atoms with Gasteiger partial charge < -0.3 is 10.2 Å².